The molecule has 3 nitrogen and oxygen atoms in total. The van der Waals surface area contributed by atoms with E-state index in [0.29, 0.717) is 19.0 Å². The van der Waals surface area contributed by atoms with E-state index >= 15 is 0 Å². The van der Waals surface area contributed by atoms with Crippen LogP contribution in [0.5, 0.6) is 0 Å². The lowest BCUT2D eigenvalue weighted by Crippen LogP contribution is -2.37. The molecule has 0 unspecified atom stereocenters. The molecule has 0 fully saturated rings. The molecule has 1 aliphatic heterocycles. The van der Waals surface area contributed by atoms with E-state index < -0.39 is 17.5 Å². The predicted molar refractivity (Wildman–Crippen MR) is 145 cm³/mol. The highest BCUT2D eigenvalue weighted by Gasteiger charge is 2.24. The lowest BCUT2D eigenvalue weighted by atomic mass is 9.96. The molecule has 4 rings (SSSR count). The number of fused-ring (bicyclic) bond motifs is 1. The van der Waals surface area contributed by atoms with Crippen molar-refractivity contribution < 1.29 is 22.7 Å². The first-order chi connectivity index (χ1) is 17.3. The van der Waals surface area contributed by atoms with Crippen molar-refractivity contribution in [1.82, 2.24) is 4.90 Å². The smallest absolute Gasteiger partial charge is 0.254 e. The van der Waals surface area contributed by atoms with E-state index in [2.05, 4.69) is 24.8 Å². The summed E-state index contributed by atoms with van der Waals surface area (Å²) in [5.74, 6) is -1.87. The van der Waals surface area contributed by atoms with Gasteiger partial charge in [0.15, 0.2) is 11.6 Å². The van der Waals surface area contributed by atoms with Gasteiger partial charge in [-0.05, 0) is 60.2 Å². The van der Waals surface area contributed by atoms with Crippen LogP contribution in [0.2, 0.25) is 0 Å². The summed E-state index contributed by atoms with van der Waals surface area (Å²) in [5.41, 5.74) is 5.35. The number of hydrogen-bond donors (Lipinski definition) is 0. The molecule has 0 atom stereocenters. The Morgan fingerprint density at radius 1 is 1.03 bits per heavy atom. The normalized spacial score (nSPS) is 12.6. The first kappa shape index (κ1) is 29.4. The van der Waals surface area contributed by atoms with Gasteiger partial charge in [-0.2, -0.15) is 0 Å². The Labute approximate surface area is 217 Å². The number of benzene rings is 3. The number of aryl methyl sites for hydroxylation is 1. The third kappa shape index (κ3) is 7.13. The number of carbonyl (C=O) groups excluding carboxylic acids is 1. The number of carbonyl (C=O) groups is 1. The van der Waals surface area contributed by atoms with Crippen molar-refractivity contribution in [3.05, 3.63) is 118 Å². The van der Waals surface area contributed by atoms with Gasteiger partial charge in [0.2, 0.25) is 0 Å². The van der Waals surface area contributed by atoms with Crippen LogP contribution in [0.3, 0.4) is 0 Å². The highest BCUT2D eigenvalue weighted by atomic mass is 19.2. The highest BCUT2D eigenvalue weighted by molar-refractivity contribution is 5.97. The van der Waals surface area contributed by atoms with Gasteiger partial charge in [-0.3, -0.25) is 4.79 Å². The zero-order chi connectivity index (χ0) is 26.2. The molecule has 37 heavy (non-hydrogen) atoms. The van der Waals surface area contributed by atoms with Crippen molar-refractivity contribution in [3.8, 4) is 0 Å². The molecule has 0 saturated heterocycles. The molecule has 3 aromatic rings. The maximum atomic E-state index is 12.8. The monoisotopic (exact) mass is 509 g/mol. The number of halogens is 3. The van der Waals surface area contributed by atoms with Crippen molar-refractivity contribution in [2.45, 2.75) is 40.7 Å². The predicted octanol–water partition coefficient (Wildman–Crippen LogP) is 7.84. The third-order valence-corrected chi connectivity index (χ3v) is 6.10. The summed E-state index contributed by atoms with van der Waals surface area (Å²) in [6.45, 7) is 8.79. The Kier molecular flexibility index (Phi) is 10.7. The summed E-state index contributed by atoms with van der Waals surface area (Å²) in [4.78, 5) is 14.7. The Morgan fingerprint density at radius 3 is 2.30 bits per heavy atom. The molecular formula is C31H34F3NO2. The highest BCUT2D eigenvalue weighted by Crippen LogP contribution is 2.23. The molecule has 0 spiro atoms. The number of rotatable bonds is 6. The van der Waals surface area contributed by atoms with E-state index in [9.17, 15) is 18.0 Å². The fraction of sp³-hybridized carbons (Fsp3) is 0.258. The summed E-state index contributed by atoms with van der Waals surface area (Å²) in [6, 6.07) is 15.6. The minimum Gasteiger partial charge on any atom is -0.496 e. The minimum absolute atomic E-state index is 0. The van der Waals surface area contributed by atoms with E-state index in [-0.39, 0.29) is 18.9 Å². The van der Waals surface area contributed by atoms with Gasteiger partial charge in [0.25, 0.3) is 5.91 Å². The zero-order valence-corrected chi connectivity index (χ0v) is 20.8. The Bertz CT molecular complexity index is 1270. The second-order valence-corrected chi connectivity index (χ2v) is 8.36. The number of allylic oxidation sites excluding steroid dienone is 1. The van der Waals surface area contributed by atoms with Gasteiger partial charge < -0.3 is 9.64 Å². The quantitative estimate of drug-likeness (QED) is 0.250. The van der Waals surface area contributed by atoms with Crippen LogP contribution in [-0.4, -0.2) is 24.5 Å². The molecule has 3 aromatic carbocycles. The van der Waals surface area contributed by atoms with Crippen LogP contribution in [0.15, 0.2) is 67.3 Å². The molecule has 196 valence electrons. The van der Waals surface area contributed by atoms with Gasteiger partial charge in [0.1, 0.15) is 11.6 Å². The second kappa shape index (κ2) is 13.5. The van der Waals surface area contributed by atoms with Crippen LogP contribution in [0.25, 0.3) is 11.8 Å². The summed E-state index contributed by atoms with van der Waals surface area (Å²) in [6.07, 6.45) is 5.01. The van der Waals surface area contributed by atoms with Gasteiger partial charge in [-0.25, -0.2) is 13.2 Å². The fourth-order valence-electron chi connectivity index (χ4n) is 4.07. The van der Waals surface area contributed by atoms with Gasteiger partial charge in [-0.15, -0.1) is 0 Å². The molecule has 0 aromatic heterocycles. The molecule has 0 aliphatic carbocycles. The largest absolute Gasteiger partial charge is 0.496 e. The minimum atomic E-state index is -1.14. The van der Waals surface area contributed by atoms with E-state index in [0.717, 1.165) is 52.6 Å². The molecule has 1 aliphatic rings. The maximum absolute atomic E-state index is 12.8. The summed E-state index contributed by atoms with van der Waals surface area (Å²) >= 11 is 0. The average Bonchev–Trinajstić information content (AvgIpc) is 2.89. The molecule has 1 heterocycles. The van der Waals surface area contributed by atoms with Crippen molar-refractivity contribution >= 4 is 17.7 Å². The standard InChI is InChI=1S/C22H23NO2.C8H7F3.CH4/c1-4-16-8-11-20-19(14-16)12-13-23(22(20)24)15-17-6-9-18(10-7-17)21(5-2)25-3;1-2-5-3-7(10)8(11)4-6(5)9;/h4-11,14H,1,12-13,15H2,2-3H3;3-4H,2H2,1H3;1H4/b21-5-;;. The topological polar surface area (TPSA) is 29.5 Å². The first-order valence-corrected chi connectivity index (χ1v) is 11.8. The molecular weight excluding hydrogens is 475 g/mol. The maximum Gasteiger partial charge on any atom is 0.254 e. The first-order valence-electron chi connectivity index (χ1n) is 11.8. The second-order valence-electron chi connectivity index (χ2n) is 8.36. The lowest BCUT2D eigenvalue weighted by Gasteiger charge is -2.29. The van der Waals surface area contributed by atoms with E-state index in [1.165, 1.54) is 0 Å². The van der Waals surface area contributed by atoms with Gasteiger partial charge in [0.05, 0.1) is 7.11 Å². The molecule has 1 amide bonds. The van der Waals surface area contributed by atoms with Gasteiger partial charge >= 0.3 is 0 Å². The van der Waals surface area contributed by atoms with Crippen LogP contribution >= 0.6 is 0 Å². The van der Waals surface area contributed by atoms with Crippen LogP contribution in [0.4, 0.5) is 13.2 Å². The van der Waals surface area contributed by atoms with Gasteiger partial charge in [-0.1, -0.05) is 63.4 Å². The Morgan fingerprint density at radius 2 is 1.70 bits per heavy atom. The third-order valence-electron chi connectivity index (χ3n) is 6.10. The zero-order valence-electron chi connectivity index (χ0n) is 20.8. The average molecular weight is 510 g/mol. The number of ether oxygens (including phenoxy) is 1. The Balaban J connectivity index is 0.000000339. The summed E-state index contributed by atoms with van der Waals surface area (Å²) in [7, 11) is 1.67. The lowest BCUT2D eigenvalue weighted by molar-refractivity contribution is 0.0727. The number of nitrogens with zero attached hydrogens (tertiary/aromatic N) is 1. The molecule has 0 bridgehead atoms. The molecule has 0 saturated carbocycles. The van der Waals surface area contributed by atoms with Crippen molar-refractivity contribution in [2.75, 3.05) is 13.7 Å². The Hall–Kier alpha value is -3.80. The van der Waals surface area contributed by atoms with Crippen molar-refractivity contribution in [2.24, 2.45) is 0 Å². The number of hydrogen-bond acceptors (Lipinski definition) is 2. The summed E-state index contributed by atoms with van der Waals surface area (Å²) in [5, 5.41) is 0. The summed E-state index contributed by atoms with van der Waals surface area (Å²) < 4.78 is 42.6. The fourth-order valence-corrected chi connectivity index (χ4v) is 4.07. The molecule has 0 radical (unpaired) electrons. The van der Waals surface area contributed by atoms with E-state index in [1.54, 1.807) is 14.0 Å². The number of amides is 1. The van der Waals surface area contributed by atoms with Crippen LogP contribution in [0.1, 0.15) is 59.4 Å². The van der Waals surface area contributed by atoms with Gasteiger partial charge in [0, 0.05) is 30.3 Å². The van der Waals surface area contributed by atoms with Crippen LogP contribution in [-0.2, 0) is 24.1 Å². The van der Waals surface area contributed by atoms with Crippen LogP contribution < -0.4 is 0 Å². The molecule has 0 N–H and O–H groups in total. The van der Waals surface area contributed by atoms with Crippen molar-refractivity contribution in [3.63, 3.8) is 0 Å². The van der Waals surface area contributed by atoms with E-state index in [4.69, 9.17) is 4.74 Å². The molecule has 6 heteroatoms. The van der Waals surface area contributed by atoms with Crippen molar-refractivity contribution in [1.29, 1.82) is 0 Å². The van der Waals surface area contributed by atoms with Crippen LogP contribution in [0, 0.1) is 17.5 Å². The number of methoxy groups -OCH3 is 1. The van der Waals surface area contributed by atoms with E-state index in [1.807, 2.05) is 48.2 Å². The SMILES string of the molecule is C.C=Cc1ccc2c(c1)CCN(Cc1ccc(/C(=C/C)OC)cc1)C2=O.CCc1cc(F)c(F)cc1F.